The minimum absolute atomic E-state index is 0.115. The van der Waals surface area contributed by atoms with Gasteiger partial charge in [-0.3, -0.25) is 4.79 Å². The van der Waals surface area contributed by atoms with Gasteiger partial charge >= 0.3 is 0 Å². The van der Waals surface area contributed by atoms with Crippen LogP contribution in [0.2, 0.25) is 0 Å². The van der Waals surface area contributed by atoms with E-state index in [0.29, 0.717) is 23.6 Å². The summed E-state index contributed by atoms with van der Waals surface area (Å²) in [6, 6.07) is 11.5. The van der Waals surface area contributed by atoms with Crippen LogP contribution < -0.4 is 9.47 Å². The Bertz CT molecular complexity index is 1050. The average molecular weight is 447 g/mol. The predicted molar refractivity (Wildman–Crippen MR) is 119 cm³/mol. The molecule has 0 aliphatic carbocycles. The van der Waals surface area contributed by atoms with Crippen molar-refractivity contribution in [3.05, 3.63) is 53.6 Å². The van der Waals surface area contributed by atoms with Crippen LogP contribution in [0.15, 0.2) is 47.4 Å². The van der Waals surface area contributed by atoms with E-state index in [2.05, 4.69) is 0 Å². The molecule has 0 aromatic heterocycles. The Morgan fingerprint density at radius 1 is 1.13 bits per heavy atom. The number of hydrogen-bond donors (Lipinski definition) is 0. The van der Waals surface area contributed by atoms with Crippen molar-refractivity contribution in [2.24, 2.45) is 0 Å². The Morgan fingerprint density at radius 2 is 1.87 bits per heavy atom. The largest absolute Gasteiger partial charge is 0.497 e. The number of amides is 1. The van der Waals surface area contributed by atoms with Crippen LogP contribution in [0.4, 0.5) is 0 Å². The third kappa shape index (κ3) is 4.55. The molecule has 1 aliphatic heterocycles. The van der Waals surface area contributed by atoms with Crippen molar-refractivity contribution in [3.63, 3.8) is 0 Å². The molecule has 1 aliphatic rings. The van der Waals surface area contributed by atoms with Crippen molar-refractivity contribution in [3.8, 4) is 11.5 Å². The van der Waals surface area contributed by atoms with Gasteiger partial charge in [-0.25, -0.2) is 8.42 Å². The Morgan fingerprint density at radius 3 is 2.52 bits per heavy atom. The van der Waals surface area contributed by atoms with Crippen molar-refractivity contribution in [2.75, 3.05) is 27.8 Å². The Hall–Kier alpha value is -2.58. The summed E-state index contributed by atoms with van der Waals surface area (Å²) < 4.78 is 37.9. The fraction of sp³-hybridized carbons (Fsp3) is 0.435. The second kappa shape index (κ2) is 9.28. The third-order valence-corrected chi connectivity index (χ3v) is 7.82. The lowest BCUT2D eigenvalue weighted by molar-refractivity contribution is 0.0733. The van der Waals surface area contributed by atoms with Gasteiger partial charge in [0, 0.05) is 30.8 Å². The summed E-state index contributed by atoms with van der Waals surface area (Å²) >= 11 is 0. The minimum Gasteiger partial charge on any atom is -0.497 e. The van der Waals surface area contributed by atoms with E-state index >= 15 is 0 Å². The number of carbonyl (C=O) groups is 1. The molecule has 3 rings (SSSR count). The Balaban J connectivity index is 1.95. The summed E-state index contributed by atoms with van der Waals surface area (Å²) in [5, 5.41) is 0. The number of sulfonamides is 1. The van der Waals surface area contributed by atoms with Gasteiger partial charge in [0.05, 0.1) is 25.2 Å². The molecule has 168 valence electrons. The topological polar surface area (TPSA) is 76.1 Å². The normalized spacial score (nSPS) is 16.7. The monoisotopic (exact) mass is 446 g/mol. The summed E-state index contributed by atoms with van der Waals surface area (Å²) in [6.45, 7) is 4.21. The van der Waals surface area contributed by atoms with Crippen LogP contribution in [0, 0.1) is 0 Å². The standard InChI is InChI=1S/C23H30N2O5S/c1-16(2)24(3)31(27,28)19-9-6-8-17(14-19)23(26)25-13-7-10-21(25)20-15-18(29-4)11-12-22(20)30-5/h6,8-9,11-12,14-16,21H,7,10,13H2,1-5H3. The van der Waals surface area contributed by atoms with Gasteiger partial charge < -0.3 is 14.4 Å². The van der Waals surface area contributed by atoms with Crippen molar-refractivity contribution in [1.82, 2.24) is 9.21 Å². The summed E-state index contributed by atoms with van der Waals surface area (Å²) in [4.78, 5) is 15.3. The molecule has 1 amide bonds. The van der Waals surface area contributed by atoms with E-state index in [1.807, 2.05) is 32.0 Å². The van der Waals surface area contributed by atoms with Gasteiger partial charge in [-0.1, -0.05) is 6.07 Å². The SMILES string of the molecule is COc1ccc(OC)c(C2CCCN2C(=O)c2cccc(S(=O)(=O)N(C)C(C)C)c2)c1. The van der Waals surface area contributed by atoms with Crippen LogP contribution in [0.25, 0.3) is 0 Å². The zero-order valence-electron chi connectivity index (χ0n) is 18.7. The van der Waals surface area contributed by atoms with E-state index < -0.39 is 10.0 Å². The number of methoxy groups -OCH3 is 2. The molecule has 1 unspecified atom stereocenters. The number of likely N-dealkylation sites (tertiary alicyclic amines) is 1. The number of benzene rings is 2. The molecule has 0 bridgehead atoms. The van der Waals surface area contributed by atoms with E-state index in [0.717, 1.165) is 18.4 Å². The van der Waals surface area contributed by atoms with E-state index in [9.17, 15) is 13.2 Å². The first-order valence-electron chi connectivity index (χ1n) is 10.3. The van der Waals surface area contributed by atoms with Gasteiger partial charge in [-0.2, -0.15) is 4.31 Å². The highest BCUT2D eigenvalue weighted by Gasteiger charge is 2.33. The van der Waals surface area contributed by atoms with Gasteiger partial charge in [0.25, 0.3) is 5.91 Å². The maximum Gasteiger partial charge on any atom is 0.254 e. The lowest BCUT2D eigenvalue weighted by Gasteiger charge is -2.27. The van der Waals surface area contributed by atoms with Crippen LogP contribution in [0.1, 0.15) is 48.7 Å². The number of hydrogen-bond acceptors (Lipinski definition) is 5. The van der Waals surface area contributed by atoms with Crippen molar-refractivity contribution < 1.29 is 22.7 Å². The minimum atomic E-state index is -3.68. The molecule has 7 nitrogen and oxygen atoms in total. The fourth-order valence-corrected chi connectivity index (χ4v) is 5.25. The zero-order chi connectivity index (χ0) is 22.8. The highest BCUT2D eigenvalue weighted by molar-refractivity contribution is 7.89. The van der Waals surface area contributed by atoms with Crippen molar-refractivity contribution in [2.45, 2.75) is 43.7 Å². The molecule has 0 radical (unpaired) electrons. The summed E-state index contributed by atoms with van der Waals surface area (Å²) in [5.41, 5.74) is 1.24. The molecule has 0 saturated carbocycles. The van der Waals surface area contributed by atoms with Gasteiger partial charge in [-0.15, -0.1) is 0 Å². The molecular formula is C23H30N2O5S. The first-order chi connectivity index (χ1) is 14.7. The average Bonchev–Trinajstić information content (AvgIpc) is 3.27. The maximum atomic E-state index is 13.4. The smallest absolute Gasteiger partial charge is 0.254 e. The summed E-state index contributed by atoms with van der Waals surface area (Å²) in [5.74, 6) is 1.19. The second-order valence-corrected chi connectivity index (χ2v) is 9.90. The van der Waals surface area contributed by atoms with E-state index in [-0.39, 0.29) is 22.9 Å². The first kappa shape index (κ1) is 23.1. The molecule has 1 fully saturated rings. The molecule has 2 aromatic rings. The van der Waals surface area contributed by atoms with Gasteiger partial charge in [-0.05, 0) is 63.1 Å². The third-order valence-electron chi connectivity index (χ3n) is 5.79. The molecule has 2 aromatic carbocycles. The van der Waals surface area contributed by atoms with Crippen molar-refractivity contribution >= 4 is 15.9 Å². The number of rotatable bonds is 7. The molecule has 0 spiro atoms. The molecule has 31 heavy (non-hydrogen) atoms. The van der Waals surface area contributed by atoms with Gasteiger partial charge in [0.15, 0.2) is 0 Å². The zero-order valence-corrected chi connectivity index (χ0v) is 19.5. The van der Waals surface area contributed by atoms with Gasteiger partial charge in [0.1, 0.15) is 11.5 Å². The van der Waals surface area contributed by atoms with Crippen LogP contribution in [0.5, 0.6) is 11.5 Å². The molecule has 8 heteroatoms. The second-order valence-electron chi connectivity index (χ2n) is 7.91. The molecule has 0 N–H and O–H groups in total. The lowest BCUT2D eigenvalue weighted by atomic mass is 10.0. The van der Waals surface area contributed by atoms with Crippen LogP contribution in [-0.4, -0.2) is 57.4 Å². The van der Waals surface area contributed by atoms with Crippen LogP contribution >= 0.6 is 0 Å². The first-order valence-corrected chi connectivity index (χ1v) is 11.8. The van der Waals surface area contributed by atoms with Crippen LogP contribution in [0.3, 0.4) is 0 Å². The quantitative estimate of drug-likeness (QED) is 0.648. The van der Waals surface area contributed by atoms with E-state index in [1.54, 1.807) is 38.3 Å². The van der Waals surface area contributed by atoms with E-state index in [1.165, 1.54) is 16.4 Å². The predicted octanol–water partition coefficient (Wildman–Crippen LogP) is 3.71. The fourth-order valence-electron chi connectivity index (χ4n) is 3.83. The van der Waals surface area contributed by atoms with Crippen molar-refractivity contribution in [1.29, 1.82) is 0 Å². The maximum absolute atomic E-state index is 13.4. The summed E-state index contributed by atoms with van der Waals surface area (Å²) in [6.07, 6.45) is 1.65. The number of nitrogens with zero attached hydrogens (tertiary/aromatic N) is 2. The number of carbonyl (C=O) groups excluding carboxylic acids is 1. The molecule has 1 heterocycles. The molecular weight excluding hydrogens is 416 g/mol. The van der Waals surface area contributed by atoms with Gasteiger partial charge in [0.2, 0.25) is 10.0 Å². The van der Waals surface area contributed by atoms with Crippen LogP contribution in [-0.2, 0) is 10.0 Å². The highest BCUT2D eigenvalue weighted by atomic mass is 32.2. The molecule has 1 atom stereocenters. The Kier molecular flexibility index (Phi) is 6.91. The summed E-state index contributed by atoms with van der Waals surface area (Å²) in [7, 11) is 1.07. The number of ether oxygens (including phenoxy) is 2. The highest BCUT2D eigenvalue weighted by Crippen LogP contribution is 2.39. The van der Waals surface area contributed by atoms with E-state index in [4.69, 9.17) is 9.47 Å². The lowest BCUT2D eigenvalue weighted by Crippen LogP contribution is -2.33. The Labute approximate surface area is 184 Å². The molecule has 1 saturated heterocycles.